The highest BCUT2D eigenvalue weighted by Gasteiger charge is 2.04. The molecule has 0 aliphatic rings. The van der Waals surface area contributed by atoms with Crippen LogP contribution < -0.4 is 17.0 Å². The lowest BCUT2D eigenvalue weighted by molar-refractivity contribution is 0.898. The predicted molar refractivity (Wildman–Crippen MR) is 61.9 cm³/mol. The molecular weight excluding hydrogens is 206 g/mol. The number of hydrogen-bond donors (Lipinski definition) is 3. The molecule has 6 nitrogen and oxygen atoms in total. The molecule has 6 heteroatoms. The minimum absolute atomic E-state index is 0.00270. The molecule has 0 amide bonds. The summed E-state index contributed by atoms with van der Waals surface area (Å²) < 4.78 is 0. The van der Waals surface area contributed by atoms with Crippen LogP contribution in [0, 0.1) is 0 Å². The van der Waals surface area contributed by atoms with Gasteiger partial charge in [-0.05, 0) is 6.07 Å². The molecule has 1 aromatic carbocycles. The van der Waals surface area contributed by atoms with Gasteiger partial charge in [-0.2, -0.15) is 5.10 Å². The van der Waals surface area contributed by atoms with Gasteiger partial charge in [-0.25, -0.2) is 10.1 Å². The van der Waals surface area contributed by atoms with E-state index in [9.17, 15) is 4.79 Å². The molecule has 0 unspecified atom stereocenters. The Labute approximate surface area is 91.0 Å². The summed E-state index contributed by atoms with van der Waals surface area (Å²) in [5, 5.41) is 7.68. The van der Waals surface area contributed by atoms with E-state index < -0.39 is 0 Å². The molecule has 0 bridgehead atoms. The van der Waals surface area contributed by atoms with Crippen LogP contribution in [0.5, 0.6) is 0 Å². The third-order valence-electron chi connectivity index (χ3n) is 2.19. The first-order chi connectivity index (χ1) is 7.68. The molecule has 0 saturated carbocycles. The summed E-state index contributed by atoms with van der Waals surface area (Å²) in [5.74, 6) is -0.00270. The number of aromatic nitrogens is 2. The normalized spacial score (nSPS) is 10.2. The largest absolute Gasteiger partial charge is 0.370 e. The Morgan fingerprint density at radius 2 is 2.00 bits per heavy atom. The fraction of sp³-hybridized carbons (Fsp3) is 0.100. The lowest BCUT2D eigenvalue weighted by atomic mass is 10.1. The number of H-pyrrole nitrogens is 1. The summed E-state index contributed by atoms with van der Waals surface area (Å²) in [5.41, 5.74) is 10.9. The average Bonchev–Trinajstić information content (AvgIpc) is 2.28. The van der Waals surface area contributed by atoms with Gasteiger partial charge in [-0.1, -0.05) is 18.2 Å². The van der Waals surface area contributed by atoms with Gasteiger partial charge in [0.15, 0.2) is 5.96 Å². The van der Waals surface area contributed by atoms with Crippen molar-refractivity contribution in [1.82, 2.24) is 10.2 Å². The number of aliphatic imine (C=N–C) groups is 1. The maximum absolute atomic E-state index is 11.5. The number of fused-ring (bicyclic) bond motifs is 1. The number of nitrogens with two attached hydrogens (primary N) is 2. The summed E-state index contributed by atoms with van der Waals surface area (Å²) in [6.07, 6.45) is 0. The lowest BCUT2D eigenvalue weighted by Gasteiger charge is -2.01. The standard InChI is InChI=1S/C10H11N5O/c11-10(12)13-5-8-6-3-1-2-4-7(6)9(16)15-14-8/h1-4H,5H2,(H,15,16)(H4,11,12,13). The minimum atomic E-state index is -0.218. The molecule has 16 heavy (non-hydrogen) atoms. The third-order valence-corrected chi connectivity index (χ3v) is 2.19. The van der Waals surface area contributed by atoms with Crippen molar-refractivity contribution in [2.45, 2.75) is 6.54 Å². The molecule has 0 spiro atoms. The quantitative estimate of drug-likeness (QED) is 0.473. The Kier molecular flexibility index (Phi) is 2.55. The zero-order chi connectivity index (χ0) is 11.5. The molecule has 2 aromatic rings. The summed E-state index contributed by atoms with van der Waals surface area (Å²) in [6, 6.07) is 7.17. The Hall–Kier alpha value is -2.37. The molecule has 5 N–H and O–H groups in total. The highest BCUT2D eigenvalue weighted by molar-refractivity contribution is 5.83. The van der Waals surface area contributed by atoms with Crippen LogP contribution in [-0.2, 0) is 6.54 Å². The second-order valence-corrected chi connectivity index (χ2v) is 3.29. The van der Waals surface area contributed by atoms with Crippen LogP contribution in [0.15, 0.2) is 34.1 Å². The second kappa shape index (κ2) is 4.01. The molecule has 1 heterocycles. The Balaban J connectivity index is 2.59. The first kappa shape index (κ1) is 10.2. The number of nitrogens with zero attached hydrogens (tertiary/aromatic N) is 2. The average molecular weight is 217 g/mol. The van der Waals surface area contributed by atoms with Crippen LogP contribution >= 0.6 is 0 Å². The summed E-state index contributed by atoms with van der Waals surface area (Å²) in [6.45, 7) is 0.250. The first-order valence-electron chi connectivity index (χ1n) is 4.70. The van der Waals surface area contributed by atoms with Crippen molar-refractivity contribution in [2.24, 2.45) is 16.5 Å². The van der Waals surface area contributed by atoms with Gasteiger partial charge in [0, 0.05) is 5.39 Å². The Bertz CT molecular complexity index is 597. The number of hydrogen-bond acceptors (Lipinski definition) is 3. The second-order valence-electron chi connectivity index (χ2n) is 3.29. The highest BCUT2D eigenvalue weighted by Crippen LogP contribution is 2.12. The van der Waals surface area contributed by atoms with Crippen molar-refractivity contribution in [3.63, 3.8) is 0 Å². The highest BCUT2D eigenvalue weighted by atomic mass is 16.1. The van der Waals surface area contributed by atoms with Gasteiger partial charge >= 0.3 is 0 Å². The van der Waals surface area contributed by atoms with Gasteiger partial charge in [0.1, 0.15) is 0 Å². The Morgan fingerprint density at radius 1 is 1.31 bits per heavy atom. The van der Waals surface area contributed by atoms with E-state index in [2.05, 4.69) is 15.2 Å². The molecular formula is C10H11N5O. The number of guanidine groups is 1. The molecule has 0 fully saturated rings. The molecule has 2 rings (SSSR count). The van der Waals surface area contributed by atoms with Crippen molar-refractivity contribution in [1.29, 1.82) is 0 Å². The number of benzene rings is 1. The fourth-order valence-corrected chi connectivity index (χ4v) is 1.46. The zero-order valence-corrected chi connectivity index (χ0v) is 8.47. The number of rotatable bonds is 2. The van der Waals surface area contributed by atoms with Crippen molar-refractivity contribution in [3.05, 3.63) is 40.3 Å². The van der Waals surface area contributed by atoms with Gasteiger partial charge in [0.05, 0.1) is 17.6 Å². The van der Waals surface area contributed by atoms with Crippen LogP contribution in [-0.4, -0.2) is 16.2 Å². The summed E-state index contributed by atoms with van der Waals surface area (Å²) >= 11 is 0. The molecule has 0 radical (unpaired) electrons. The smallest absolute Gasteiger partial charge is 0.272 e. The predicted octanol–water partition coefficient (Wildman–Crippen LogP) is -0.303. The van der Waals surface area contributed by atoms with Gasteiger partial charge in [0.2, 0.25) is 0 Å². The maximum atomic E-state index is 11.5. The van der Waals surface area contributed by atoms with Gasteiger partial charge in [-0.15, -0.1) is 0 Å². The third kappa shape index (κ3) is 1.85. The maximum Gasteiger partial charge on any atom is 0.272 e. The van der Waals surface area contributed by atoms with E-state index in [1.54, 1.807) is 12.1 Å². The van der Waals surface area contributed by atoms with Crippen LogP contribution in [0.25, 0.3) is 10.8 Å². The Morgan fingerprint density at radius 3 is 2.69 bits per heavy atom. The fourth-order valence-electron chi connectivity index (χ4n) is 1.46. The number of aromatic amines is 1. The van der Waals surface area contributed by atoms with E-state index in [4.69, 9.17) is 11.5 Å². The molecule has 82 valence electrons. The molecule has 0 aliphatic carbocycles. The van der Waals surface area contributed by atoms with Crippen LogP contribution in [0.4, 0.5) is 0 Å². The molecule has 0 saturated heterocycles. The zero-order valence-electron chi connectivity index (χ0n) is 8.47. The minimum Gasteiger partial charge on any atom is -0.370 e. The first-order valence-corrected chi connectivity index (χ1v) is 4.70. The van der Waals surface area contributed by atoms with Gasteiger partial charge < -0.3 is 11.5 Å². The van der Waals surface area contributed by atoms with E-state index in [0.29, 0.717) is 11.1 Å². The van der Waals surface area contributed by atoms with E-state index in [1.165, 1.54) is 0 Å². The van der Waals surface area contributed by atoms with E-state index >= 15 is 0 Å². The van der Waals surface area contributed by atoms with Crippen LogP contribution in [0.1, 0.15) is 5.69 Å². The van der Waals surface area contributed by atoms with E-state index in [1.807, 2.05) is 12.1 Å². The summed E-state index contributed by atoms with van der Waals surface area (Å²) in [4.78, 5) is 15.3. The van der Waals surface area contributed by atoms with Gasteiger partial charge in [-0.3, -0.25) is 4.79 Å². The molecule has 1 aromatic heterocycles. The van der Waals surface area contributed by atoms with Crippen molar-refractivity contribution < 1.29 is 0 Å². The van der Waals surface area contributed by atoms with Crippen molar-refractivity contribution in [3.8, 4) is 0 Å². The van der Waals surface area contributed by atoms with Crippen molar-refractivity contribution >= 4 is 16.7 Å². The molecule has 0 atom stereocenters. The summed E-state index contributed by atoms with van der Waals surface area (Å²) in [7, 11) is 0. The van der Waals surface area contributed by atoms with E-state index in [0.717, 1.165) is 5.39 Å². The van der Waals surface area contributed by atoms with Crippen molar-refractivity contribution in [2.75, 3.05) is 0 Å². The monoisotopic (exact) mass is 217 g/mol. The lowest BCUT2D eigenvalue weighted by Crippen LogP contribution is -2.23. The van der Waals surface area contributed by atoms with E-state index in [-0.39, 0.29) is 18.1 Å². The topological polar surface area (TPSA) is 110 Å². The van der Waals surface area contributed by atoms with Gasteiger partial charge in [0.25, 0.3) is 5.56 Å². The van der Waals surface area contributed by atoms with Crippen LogP contribution in [0.2, 0.25) is 0 Å². The SMILES string of the molecule is NC(N)=NCc1n[nH]c(=O)c2ccccc12. The van der Waals surface area contributed by atoms with Crippen LogP contribution in [0.3, 0.4) is 0 Å². The molecule has 0 aliphatic heterocycles. The number of nitrogens with one attached hydrogen (secondary N) is 1.